The first-order valence-electron chi connectivity index (χ1n) is 9.18. The number of alkyl carbamates (subject to hydrolysis) is 1. The van der Waals surface area contributed by atoms with Gasteiger partial charge in [0, 0.05) is 18.6 Å². The zero-order chi connectivity index (χ0) is 18.4. The van der Waals surface area contributed by atoms with E-state index in [0.29, 0.717) is 12.0 Å². The summed E-state index contributed by atoms with van der Waals surface area (Å²) in [7, 11) is 1.72. The maximum Gasteiger partial charge on any atom is 0.407 e. The van der Waals surface area contributed by atoms with Gasteiger partial charge in [0.2, 0.25) is 0 Å². The third-order valence-electron chi connectivity index (χ3n) is 4.58. The number of carbonyl (C=O) groups excluding carboxylic acids is 1. The Morgan fingerprint density at radius 2 is 1.96 bits per heavy atom. The highest BCUT2D eigenvalue weighted by atomic mass is 16.6. The smallest absolute Gasteiger partial charge is 0.407 e. The first-order chi connectivity index (χ1) is 11.8. The lowest BCUT2D eigenvalue weighted by Crippen LogP contribution is -2.49. The molecule has 1 unspecified atom stereocenters. The molecule has 0 spiro atoms. The fraction of sp³-hybridized carbons (Fsp3) is 0.650. The number of methoxy groups -OCH3 is 1. The van der Waals surface area contributed by atoms with Crippen LogP contribution in [-0.2, 0) is 4.74 Å². The quantitative estimate of drug-likeness (QED) is 0.786. The Labute approximate surface area is 151 Å². The number of rotatable bonds is 7. The fourth-order valence-corrected chi connectivity index (χ4v) is 3.12. The van der Waals surface area contributed by atoms with Crippen LogP contribution in [0.15, 0.2) is 24.3 Å². The Hall–Kier alpha value is -1.75. The fourth-order valence-electron chi connectivity index (χ4n) is 3.12. The highest BCUT2D eigenvalue weighted by molar-refractivity contribution is 5.68. The first kappa shape index (κ1) is 19.6. The minimum Gasteiger partial charge on any atom is -0.496 e. The van der Waals surface area contributed by atoms with Gasteiger partial charge in [-0.05, 0) is 57.6 Å². The molecule has 0 heterocycles. The van der Waals surface area contributed by atoms with E-state index in [9.17, 15) is 4.79 Å². The molecule has 1 aromatic rings. The molecular weight excluding hydrogens is 316 g/mol. The van der Waals surface area contributed by atoms with Crippen molar-refractivity contribution in [3.05, 3.63) is 29.8 Å². The van der Waals surface area contributed by atoms with Gasteiger partial charge < -0.3 is 20.1 Å². The van der Waals surface area contributed by atoms with Gasteiger partial charge in [0.15, 0.2) is 0 Å². The number of hydrogen-bond acceptors (Lipinski definition) is 4. The molecule has 1 aromatic carbocycles. The molecule has 25 heavy (non-hydrogen) atoms. The molecule has 2 N–H and O–H groups in total. The molecule has 1 fully saturated rings. The second kappa shape index (κ2) is 8.56. The van der Waals surface area contributed by atoms with E-state index in [1.807, 2.05) is 32.9 Å². The van der Waals surface area contributed by atoms with Crippen LogP contribution in [0.5, 0.6) is 5.75 Å². The van der Waals surface area contributed by atoms with Crippen LogP contribution in [0.3, 0.4) is 0 Å². The van der Waals surface area contributed by atoms with Gasteiger partial charge in [-0.25, -0.2) is 4.79 Å². The van der Waals surface area contributed by atoms with Crippen LogP contribution < -0.4 is 15.4 Å². The van der Waals surface area contributed by atoms with Crippen molar-refractivity contribution < 1.29 is 14.3 Å². The molecule has 1 saturated carbocycles. The average Bonchev–Trinajstić information content (AvgIpc) is 2.50. The minimum absolute atomic E-state index is 0.0835. The summed E-state index contributed by atoms with van der Waals surface area (Å²) in [6.45, 7) is 8.45. The summed E-state index contributed by atoms with van der Waals surface area (Å²) in [6.07, 6.45) is 2.73. The van der Waals surface area contributed by atoms with Gasteiger partial charge in [-0.15, -0.1) is 0 Å². The molecule has 5 nitrogen and oxygen atoms in total. The summed E-state index contributed by atoms with van der Waals surface area (Å²) in [4.78, 5) is 11.9. The van der Waals surface area contributed by atoms with Crippen molar-refractivity contribution in [3.63, 3.8) is 0 Å². The van der Waals surface area contributed by atoms with Crippen LogP contribution in [0, 0.1) is 0 Å². The number of carbonyl (C=O) groups is 1. The van der Waals surface area contributed by atoms with Gasteiger partial charge in [0.1, 0.15) is 11.4 Å². The molecule has 0 radical (unpaired) electrons. The Morgan fingerprint density at radius 1 is 1.28 bits per heavy atom. The predicted octanol–water partition coefficient (Wildman–Crippen LogP) is 3.83. The van der Waals surface area contributed by atoms with Gasteiger partial charge >= 0.3 is 6.09 Å². The SMILES string of the molecule is CCC(CNC1CC(c2ccccc2OC)C1)NC(=O)OC(C)(C)C. The molecule has 0 aliphatic heterocycles. The van der Waals surface area contributed by atoms with Gasteiger partial charge in [-0.3, -0.25) is 0 Å². The van der Waals surface area contributed by atoms with Crippen molar-refractivity contribution >= 4 is 6.09 Å². The highest BCUT2D eigenvalue weighted by Gasteiger charge is 2.32. The van der Waals surface area contributed by atoms with E-state index in [0.717, 1.165) is 31.6 Å². The van der Waals surface area contributed by atoms with E-state index in [2.05, 4.69) is 29.7 Å². The summed E-state index contributed by atoms with van der Waals surface area (Å²) >= 11 is 0. The van der Waals surface area contributed by atoms with Crippen molar-refractivity contribution in [1.29, 1.82) is 0 Å². The minimum atomic E-state index is -0.467. The molecule has 1 aliphatic rings. The zero-order valence-corrected chi connectivity index (χ0v) is 16.1. The monoisotopic (exact) mass is 348 g/mol. The van der Waals surface area contributed by atoms with Crippen LogP contribution in [0.1, 0.15) is 58.4 Å². The number of hydrogen-bond donors (Lipinski definition) is 2. The number of ether oxygens (including phenoxy) is 2. The summed E-state index contributed by atoms with van der Waals surface area (Å²) in [5.41, 5.74) is 0.827. The molecule has 140 valence electrons. The average molecular weight is 348 g/mol. The Bertz CT molecular complexity index is 562. The summed E-state index contributed by atoms with van der Waals surface area (Å²) in [6, 6.07) is 8.82. The third-order valence-corrected chi connectivity index (χ3v) is 4.58. The Kier molecular flexibility index (Phi) is 6.71. The van der Waals surface area contributed by atoms with E-state index in [1.165, 1.54) is 5.56 Å². The third kappa shape index (κ3) is 5.92. The largest absolute Gasteiger partial charge is 0.496 e. The van der Waals surface area contributed by atoms with E-state index >= 15 is 0 Å². The van der Waals surface area contributed by atoms with E-state index < -0.39 is 5.60 Å². The van der Waals surface area contributed by atoms with Crippen LogP contribution >= 0.6 is 0 Å². The van der Waals surface area contributed by atoms with Crippen molar-refractivity contribution in [1.82, 2.24) is 10.6 Å². The highest BCUT2D eigenvalue weighted by Crippen LogP contribution is 2.40. The van der Waals surface area contributed by atoms with Gasteiger partial charge in [-0.1, -0.05) is 25.1 Å². The summed E-state index contributed by atoms with van der Waals surface area (Å²) in [5, 5.41) is 6.51. The van der Waals surface area contributed by atoms with E-state index in [-0.39, 0.29) is 12.1 Å². The van der Waals surface area contributed by atoms with Gasteiger partial charge in [0.05, 0.1) is 7.11 Å². The molecule has 0 aromatic heterocycles. The maximum absolute atomic E-state index is 11.9. The molecule has 1 amide bonds. The normalized spacial score (nSPS) is 21.2. The lowest BCUT2D eigenvalue weighted by Gasteiger charge is -2.37. The van der Waals surface area contributed by atoms with Crippen LogP contribution in [0.4, 0.5) is 4.79 Å². The lowest BCUT2D eigenvalue weighted by molar-refractivity contribution is 0.0500. The number of benzene rings is 1. The second-order valence-electron chi connectivity index (χ2n) is 7.77. The van der Waals surface area contributed by atoms with Gasteiger partial charge in [-0.2, -0.15) is 0 Å². The second-order valence-corrected chi connectivity index (χ2v) is 7.77. The molecular formula is C20H32N2O3. The van der Waals surface area contributed by atoms with E-state index in [4.69, 9.17) is 9.47 Å². The van der Waals surface area contributed by atoms with Crippen molar-refractivity contribution in [2.75, 3.05) is 13.7 Å². The molecule has 2 rings (SSSR count). The number of nitrogens with one attached hydrogen (secondary N) is 2. The molecule has 1 aliphatic carbocycles. The first-order valence-corrected chi connectivity index (χ1v) is 9.18. The summed E-state index contributed by atoms with van der Waals surface area (Å²) < 4.78 is 10.8. The standard InChI is InChI=1S/C20H32N2O3/c1-6-15(22-19(23)25-20(2,3)4)13-21-16-11-14(12-16)17-9-7-8-10-18(17)24-5/h7-10,14-16,21H,6,11-13H2,1-5H3,(H,22,23). The van der Waals surface area contributed by atoms with Crippen LogP contribution in [0.2, 0.25) is 0 Å². The lowest BCUT2D eigenvalue weighted by atomic mass is 9.75. The molecule has 0 saturated heterocycles. The number of para-hydroxylation sites is 1. The Balaban J connectivity index is 1.74. The van der Waals surface area contributed by atoms with Crippen molar-refractivity contribution in [2.24, 2.45) is 0 Å². The van der Waals surface area contributed by atoms with Crippen molar-refractivity contribution in [2.45, 2.75) is 70.6 Å². The van der Waals surface area contributed by atoms with Crippen molar-refractivity contribution in [3.8, 4) is 5.75 Å². The summed E-state index contributed by atoms with van der Waals surface area (Å²) in [5.74, 6) is 1.52. The molecule has 5 heteroatoms. The predicted molar refractivity (Wildman–Crippen MR) is 100 cm³/mol. The maximum atomic E-state index is 11.9. The topological polar surface area (TPSA) is 59.6 Å². The van der Waals surface area contributed by atoms with E-state index in [1.54, 1.807) is 7.11 Å². The molecule has 1 atom stereocenters. The molecule has 0 bridgehead atoms. The number of amides is 1. The van der Waals surface area contributed by atoms with Crippen LogP contribution in [0.25, 0.3) is 0 Å². The zero-order valence-electron chi connectivity index (χ0n) is 16.1. The van der Waals surface area contributed by atoms with Gasteiger partial charge in [0.25, 0.3) is 0 Å². The van der Waals surface area contributed by atoms with Crippen LogP contribution in [-0.4, -0.2) is 37.4 Å². The Morgan fingerprint density at radius 3 is 2.56 bits per heavy atom.